The van der Waals surface area contributed by atoms with Crippen LogP contribution in [0.2, 0.25) is 0 Å². The molecule has 0 fully saturated rings. The Morgan fingerprint density at radius 1 is 0.564 bits per heavy atom. The van der Waals surface area contributed by atoms with Crippen molar-refractivity contribution in [2.24, 2.45) is 0 Å². The number of benzene rings is 7. The number of rotatable bonds is 3. The lowest BCUT2D eigenvalue weighted by Gasteiger charge is -2.45. The Bertz CT molecular complexity index is 3010. The maximum Gasteiger partial charge on any atom is 0.196 e. The first-order valence-corrected chi connectivity index (χ1v) is 18.3. The fourth-order valence-electron chi connectivity index (χ4n) is 9.38. The molecule has 0 radical (unpaired) electrons. The van der Waals surface area contributed by atoms with E-state index in [2.05, 4.69) is 171 Å². The minimum atomic E-state index is -0.526. The maximum atomic E-state index is 9.73. The fraction of sp³-hybridized carbons (Fsp3) is 0.0200. The van der Waals surface area contributed by atoms with Gasteiger partial charge in [-0.3, -0.25) is 4.98 Å². The van der Waals surface area contributed by atoms with Gasteiger partial charge in [0.05, 0.1) is 40.5 Å². The predicted molar refractivity (Wildman–Crippen MR) is 221 cm³/mol. The minimum Gasteiger partial charge on any atom is -0.310 e. The number of nitriles is 1. The summed E-state index contributed by atoms with van der Waals surface area (Å²) >= 11 is 0. The summed E-state index contributed by atoms with van der Waals surface area (Å²) < 4.78 is 2.30. The van der Waals surface area contributed by atoms with Crippen LogP contribution in [0.1, 0.15) is 27.8 Å². The van der Waals surface area contributed by atoms with E-state index < -0.39 is 5.41 Å². The molecule has 0 unspecified atom stereocenters. The van der Waals surface area contributed by atoms with E-state index in [4.69, 9.17) is 6.57 Å². The van der Waals surface area contributed by atoms with Crippen molar-refractivity contribution in [1.29, 1.82) is 5.26 Å². The summed E-state index contributed by atoms with van der Waals surface area (Å²) in [6, 6.07) is 60.1. The molecule has 5 heteroatoms. The highest BCUT2D eigenvalue weighted by Gasteiger charge is 2.51. The molecule has 1 aliphatic heterocycles. The van der Waals surface area contributed by atoms with Gasteiger partial charge in [-0.1, -0.05) is 109 Å². The molecule has 7 aromatic carbocycles. The van der Waals surface area contributed by atoms with Crippen molar-refractivity contribution in [3.05, 3.63) is 215 Å². The Morgan fingerprint density at radius 3 is 1.85 bits per heavy atom. The summed E-state index contributed by atoms with van der Waals surface area (Å²) in [4.78, 5) is 10.8. The van der Waals surface area contributed by atoms with E-state index in [1.807, 2.05) is 18.5 Å². The van der Waals surface area contributed by atoms with Crippen molar-refractivity contribution < 1.29 is 0 Å². The molecule has 254 valence electrons. The van der Waals surface area contributed by atoms with E-state index in [0.29, 0.717) is 11.3 Å². The van der Waals surface area contributed by atoms with Crippen molar-refractivity contribution in [3.8, 4) is 34.0 Å². The molecule has 11 rings (SSSR count). The van der Waals surface area contributed by atoms with Crippen LogP contribution in [0.15, 0.2) is 176 Å². The predicted octanol–water partition coefficient (Wildman–Crippen LogP) is 12.4. The number of fused-ring (bicyclic) bond motifs is 12. The highest BCUT2D eigenvalue weighted by Crippen LogP contribution is 2.63. The lowest BCUT2D eigenvalue weighted by Crippen LogP contribution is -2.36. The lowest BCUT2D eigenvalue weighted by atomic mass is 9.64. The Morgan fingerprint density at radius 2 is 1.16 bits per heavy atom. The van der Waals surface area contributed by atoms with Gasteiger partial charge >= 0.3 is 0 Å². The summed E-state index contributed by atoms with van der Waals surface area (Å²) in [5, 5.41) is 11.9. The molecular formula is C50H29N5. The third kappa shape index (κ3) is 4.18. The van der Waals surface area contributed by atoms with E-state index in [-0.39, 0.29) is 0 Å². The Balaban J connectivity index is 1.24. The van der Waals surface area contributed by atoms with Crippen LogP contribution in [0.25, 0.3) is 54.6 Å². The zero-order valence-corrected chi connectivity index (χ0v) is 29.5. The molecule has 5 nitrogen and oxygen atoms in total. The first-order valence-electron chi connectivity index (χ1n) is 18.3. The van der Waals surface area contributed by atoms with Crippen LogP contribution in [0, 0.1) is 17.9 Å². The standard InChI is InChI=1S/C50H29N5/c1-52-45-26-32(30-51)22-23-36(45)33-27-34(54-46-19-9-4-14-39(46)40-31-53-25-24-47(40)54)29-35(28-33)55-48-20-10-7-17-43(48)50(44-18-8-11-21-49(44)55)41-15-5-2-12-37(41)38-13-3-6-16-42(38)50/h2-29,31H. The number of hydrogen-bond acceptors (Lipinski definition) is 3. The third-order valence-electron chi connectivity index (χ3n) is 11.5. The van der Waals surface area contributed by atoms with Gasteiger partial charge in [0.15, 0.2) is 5.69 Å². The molecule has 55 heavy (non-hydrogen) atoms. The van der Waals surface area contributed by atoms with E-state index in [1.54, 1.807) is 12.1 Å². The number of anilines is 3. The lowest BCUT2D eigenvalue weighted by molar-refractivity contribution is 0.752. The molecule has 1 aliphatic carbocycles. The quantitative estimate of drug-likeness (QED) is 0.173. The molecule has 2 aromatic heterocycles. The van der Waals surface area contributed by atoms with Gasteiger partial charge in [0, 0.05) is 40.1 Å². The third-order valence-corrected chi connectivity index (χ3v) is 11.5. The van der Waals surface area contributed by atoms with Gasteiger partial charge in [0.2, 0.25) is 0 Å². The maximum absolute atomic E-state index is 9.73. The summed E-state index contributed by atoms with van der Waals surface area (Å²) in [5.74, 6) is 0. The van der Waals surface area contributed by atoms with Gasteiger partial charge in [-0.15, -0.1) is 0 Å². The number of hydrogen-bond donors (Lipinski definition) is 0. The Hall–Kier alpha value is -7.73. The summed E-state index contributed by atoms with van der Waals surface area (Å²) in [7, 11) is 0. The topological polar surface area (TPSA) is 49.2 Å². The van der Waals surface area contributed by atoms with E-state index >= 15 is 0 Å². The van der Waals surface area contributed by atoms with Gasteiger partial charge < -0.3 is 9.47 Å². The van der Waals surface area contributed by atoms with Crippen molar-refractivity contribution in [2.45, 2.75) is 5.41 Å². The van der Waals surface area contributed by atoms with Crippen molar-refractivity contribution in [1.82, 2.24) is 9.55 Å². The molecule has 0 saturated heterocycles. The SMILES string of the molecule is [C-]#[N+]c1cc(C#N)ccc1-c1cc(N2c3ccccc3C3(c4ccccc4-c4ccccc43)c3ccccc32)cc(-n2c3ccccc3c3cnccc32)c1. The molecule has 1 spiro atoms. The van der Waals surface area contributed by atoms with Crippen LogP contribution in [0.3, 0.4) is 0 Å². The first-order chi connectivity index (χ1) is 27.2. The zero-order chi connectivity index (χ0) is 36.7. The fourth-order valence-corrected chi connectivity index (χ4v) is 9.38. The smallest absolute Gasteiger partial charge is 0.196 e. The second kappa shape index (κ2) is 11.6. The van der Waals surface area contributed by atoms with Crippen molar-refractivity contribution in [2.75, 3.05) is 4.90 Å². The molecule has 0 saturated carbocycles. The van der Waals surface area contributed by atoms with Crippen molar-refractivity contribution >= 4 is 44.6 Å². The Kier molecular flexibility index (Phi) is 6.53. The van der Waals surface area contributed by atoms with Gasteiger partial charge in [0.25, 0.3) is 0 Å². The molecule has 9 aromatic rings. The van der Waals surface area contributed by atoms with Crippen LogP contribution < -0.4 is 4.90 Å². The van der Waals surface area contributed by atoms with E-state index in [0.717, 1.165) is 55.7 Å². The first kappa shape index (κ1) is 30.9. The molecule has 0 bridgehead atoms. The monoisotopic (exact) mass is 699 g/mol. The summed E-state index contributed by atoms with van der Waals surface area (Å²) in [6.07, 6.45) is 3.78. The van der Waals surface area contributed by atoms with Crippen molar-refractivity contribution in [3.63, 3.8) is 0 Å². The van der Waals surface area contributed by atoms with Crippen LogP contribution in [-0.2, 0) is 5.41 Å². The van der Waals surface area contributed by atoms with Crippen LogP contribution in [-0.4, -0.2) is 9.55 Å². The Labute approximate surface area is 318 Å². The number of pyridine rings is 1. The van der Waals surface area contributed by atoms with Gasteiger partial charge in [-0.05, 0) is 99.1 Å². The second-order valence-corrected chi connectivity index (χ2v) is 14.1. The average molecular weight is 700 g/mol. The number of aromatic nitrogens is 2. The van der Waals surface area contributed by atoms with Crippen LogP contribution >= 0.6 is 0 Å². The van der Waals surface area contributed by atoms with E-state index in [1.165, 1.54) is 33.4 Å². The molecule has 3 heterocycles. The summed E-state index contributed by atoms with van der Waals surface area (Å²) in [6.45, 7) is 8.16. The number of para-hydroxylation sites is 3. The highest BCUT2D eigenvalue weighted by molar-refractivity contribution is 6.09. The van der Waals surface area contributed by atoms with Crippen LogP contribution in [0.4, 0.5) is 22.7 Å². The molecular weight excluding hydrogens is 671 g/mol. The molecule has 2 aliphatic rings. The minimum absolute atomic E-state index is 0.436. The average Bonchev–Trinajstić information content (AvgIpc) is 3.75. The zero-order valence-electron chi connectivity index (χ0n) is 29.5. The van der Waals surface area contributed by atoms with Gasteiger partial charge in [-0.2, -0.15) is 5.26 Å². The van der Waals surface area contributed by atoms with Crippen LogP contribution in [0.5, 0.6) is 0 Å². The summed E-state index contributed by atoms with van der Waals surface area (Å²) in [5.41, 5.74) is 15.7. The second-order valence-electron chi connectivity index (χ2n) is 14.1. The highest BCUT2D eigenvalue weighted by atomic mass is 15.2. The van der Waals surface area contributed by atoms with Gasteiger partial charge in [-0.25, -0.2) is 4.85 Å². The largest absolute Gasteiger partial charge is 0.310 e. The molecule has 0 N–H and O–H groups in total. The molecule has 0 amide bonds. The normalized spacial score (nSPS) is 13.2. The number of nitrogens with zero attached hydrogens (tertiary/aromatic N) is 5. The van der Waals surface area contributed by atoms with E-state index in [9.17, 15) is 5.26 Å². The molecule has 0 atom stereocenters. The van der Waals surface area contributed by atoms with Gasteiger partial charge in [0.1, 0.15) is 0 Å².